The number of nitrogens with zero attached hydrogens (tertiary/aromatic N) is 4. The molecule has 1 aromatic heterocycles. The average molecular weight is 349 g/mol. The third-order valence-corrected chi connectivity index (χ3v) is 3.87. The van der Waals surface area contributed by atoms with Gasteiger partial charge in [0.15, 0.2) is 0 Å². The third kappa shape index (κ3) is 5.02. The minimum Gasteiger partial charge on any atom is -0.379 e. The fourth-order valence-electron chi connectivity index (χ4n) is 2.49. The largest absolute Gasteiger partial charge is 0.379 e. The number of morpholine rings is 1. The van der Waals surface area contributed by atoms with Crippen LogP contribution in [0.1, 0.15) is 5.56 Å². The number of halogens is 1. The lowest BCUT2D eigenvalue weighted by atomic mass is 10.2. The molecule has 128 valence electrons. The van der Waals surface area contributed by atoms with Crippen molar-refractivity contribution in [2.24, 2.45) is 0 Å². The normalized spacial score (nSPS) is 15.2. The van der Waals surface area contributed by atoms with E-state index in [9.17, 15) is 0 Å². The molecule has 24 heavy (non-hydrogen) atoms. The fourth-order valence-corrected chi connectivity index (χ4v) is 2.65. The van der Waals surface area contributed by atoms with Crippen molar-refractivity contribution in [1.82, 2.24) is 19.9 Å². The lowest BCUT2D eigenvalue weighted by molar-refractivity contribution is 0.0398. The summed E-state index contributed by atoms with van der Waals surface area (Å²) in [6, 6.07) is 7.98. The summed E-state index contributed by atoms with van der Waals surface area (Å²) < 4.78 is 5.34. The van der Waals surface area contributed by atoms with Crippen LogP contribution in [-0.2, 0) is 4.74 Å². The summed E-state index contributed by atoms with van der Waals surface area (Å²) in [5.41, 5.74) is 2.07. The van der Waals surface area contributed by atoms with Gasteiger partial charge in [-0.2, -0.15) is 15.0 Å². The molecular formula is C16H21ClN6O. The van der Waals surface area contributed by atoms with Gasteiger partial charge in [0, 0.05) is 31.9 Å². The Balaban J connectivity index is 1.58. The zero-order valence-electron chi connectivity index (χ0n) is 13.6. The second-order valence-electron chi connectivity index (χ2n) is 5.63. The number of nitrogens with one attached hydrogen (secondary N) is 2. The average Bonchev–Trinajstić information content (AvgIpc) is 2.55. The van der Waals surface area contributed by atoms with Crippen molar-refractivity contribution >= 4 is 29.2 Å². The zero-order valence-corrected chi connectivity index (χ0v) is 14.4. The second kappa shape index (κ2) is 8.23. The molecule has 0 unspecified atom stereocenters. The lowest BCUT2D eigenvalue weighted by Crippen LogP contribution is -2.39. The number of aromatic nitrogens is 3. The zero-order chi connectivity index (χ0) is 16.8. The Labute approximate surface area is 146 Å². The van der Waals surface area contributed by atoms with Crippen molar-refractivity contribution in [1.29, 1.82) is 0 Å². The van der Waals surface area contributed by atoms with Crippen molar-refractivity contribution in [3.8, 4) is 0 Å². The van der Waals surface area contributed by atoms with Gasteiger partial charge in [0.25, 0.3) is 0 Å². The van der Waals surface area contributed by atoms with Crippen molar-refractivity contribution in [3.05, 3.63) is 35.1 Å². The van der Waals surface area contributed by atoms with E-state index in [0.717, 1.165) is 50.6 Å². The van der Waals surface area contributed by atoms with E-state index in [1.54, 1.807) is 0 Å². The van der Waals surface area contributed by atoms with Crippen LogP contribution in [0.4, 0.5) is 17.6 Å². The van der Waals surface area contributed by atoms with E-state index >= 15 is 0 Å². The van der Waals surface area contributed by atoms with Crippen molar-refractivity contribution in [3.63, 3.8) is 0 Å². The lowest BCUT2D eigenvalue weighted by Gasteiger charge is -2.26. The van der Waals surface area contributed by atoms with Crippen LogP contribution in [0.15, 0.2) is 24.3 Å². The first kappa shape index (κ1) is 16.9. The number of hydrogen-bond donors (Lipinski definition) is 2. The van der Waals surface area contributed by atoms with Crippen LogP contribution in [0.3, 0.4) is 0 Å². The van der Waals surface area contributed by atoms with E-state index in [2.05, 4.69) is 30.5 Å². The molecule has 2 heterocycles. The van der Waals surface area contributed by atoms with Gasteiger partial charge in [-0.15, -0.1) is 0 Å². The molecule has 0 spiro atoms. The minimum absolute atomic E-state index is 0.161. The van der Waals surface area contributed by atoms with Crippen molar-refractivity contribution in [2.45, 2.75) is 6.92 Å². The number of ether oxygens (including phenoxy) is 1. The van der Waals surface area contributed by atoms with Gasteiger partial charge in [-0.1, -0.05) is 12.1 Å². The van der Waals surface area contributed by atoms with E-state index < -0.39 is 0 Å². The first-order valence-electron chi connectivity index (χ1n) is 7.98. The summed E-state index contributed by atoms with van der Waals surface area (Å²) in [6.45, 7) is 7.19. The standard InChI is InChI=1S/C16H21ClN6O/c1-12-3-2-4-13(11-12)19-16-21-14(17)20-15(22-16)18-5-6-23-7-9-24-10-8-23/h2-4,11H,5-10H2,1H3,(H2,18,19,20,21,22). The van der Waals surface area contributed by atoms with Gasteiger partial charge >= 0.3 is 0 Å². The van der Waals surface area contributed by atoms with Crippen molar-refractivity contribution in [2.75, 3.05) is 50.0 Å². The molecule has 0 radical (unpaired) electrons. The fraction of sp³-hybridized carbons (Fsp3) is 0.438. The summed E-state index contributed by atoms with van der Waals surface area (Å²) in [5, 5.41) is 6.51. The molecule has 0 bridgehead atoms. The van der Waals surface area contributed by atoms with E-state index in [1.807, 2.05) is 31.2 Å². The Morgan fingerprint density at radius 2 is 1.96 bits per heavy atom. The summed E-state index contributed by atoms with van der Waals surface area (Å²) in [6.07, 6.45) is 0. The van der Waals surface area contributed by atoms with Gasteiger partial charge in [0.05, 0.1) is 13.2 Å². The first-order chi connectivity index (χ1) is 11.7. The maximum Gasteiger partial charge on any atom is 0.233 e. The van der Waals surface area contributed by atoms with Crippen molar-refractivity contribution < 1.29 is 4.74 Å². The van der Waals surface area contributed by atoms with Crippen LogP contribution < -0.4 is 10.6 Å². The summed E-state index contributed by atoms with van der Waals surface area (Å²) in [4.78, 5) is 15.0. The van der Waals surface area contributed by atoms with Crippen LogP contribution in [0, 0.1) is 6.92 Å². The van der Waals surface area contributed by atoms with Gasteiger partial charge < -0.3 is 15.4 Å². The molecular weight excluding hydrogens is 328 g/mol. The van der Waals surface area contributed by atoms with Crippen LogP contribution in [0.5, 0.6) is 0 Å². The highest BCUT2D eigenvalue weighted by atomic mass is 35.5. The van der Waals surface area contributed by atoms with E-state index in [1.165, 1.54) is 0 Å². The van der Waals surface area contributed by atoms with E-state index in [-0.39, 0.29) is 5.28 Å². The molecule has 1 aromatic carbocycles. The van der Waals surface area contributed by atoms with E-state index in [4.69, 9.17) is 16.3 Å². The summed E-state index contributed by atoms with van der Waals surface area (Å²) >= 11 is 6.01. The van der Waals surface area contributed by atoms with Gasteiger partial charge in [-0.25, -0.2) is 0 Å². The topological polar surface area (TPSA) is 75.2 Å². The number of benzene rings is 1. The number of anilines is 3. The monoisotopic (exact) mass is 348 g/mol. The second-order valence-corrected chi connectivity index (χ2v) is 5.96. The molecule has 1 fully saturated rings. The Bertz CT molecular complexity index is 677. The Morgan fingerprint density at radius 3 is 2.75 bits per heavy atom. The number of hydrogen-bond acceptors (Lipinski definition) is 7. The molecule has 2 N–H and O–H groups in total. The number of rotatable bonds is 6. The molecule has 1 saturated heterocycles. The van der Waals surface area contributed by atoms with Gasteiger partial charge in [0.1, 0.15) is 0 Å². The highest BCUT2D eigenvalue weighted by Crippen LogP contribution is 2.16. The number of aryl methyl sites for hydroxylation is 1. The molecule has 2 aromatic rings. The molecule has 1 aliphatic heterocycles. The minimum atomic E-state index is 0.161. The van der Waals surface area contributed by atoms with Gasteiger partial charge in [-0.3, -0.25) is 4.90 Å². The quantitative estimate of drug-likeness (QED) is 0.829. The molecule has 0 amide bonds. The maximum atomic E-state index is 6.01. The predicted molar refractivity (Wildman–Crippen MR) is 95.0 cm³/mol. The van der Waals surface area contributed by atoms with Crippen LogP contribution >= 0.6 is 11.6 Å². The molecule has 0 atom stereocenters. The highest BCUT2D eigenvalue weighted by Gasteiger charge is 2.10. The molecule has 0 saturated carbocycles. The van der Waals surface area contributed by atoms with Crippen LogP contribution in [0.2, 0.25) is 5.28 Å². The third-order valence-electron chi connectivity index (χ3n) is 3.70. The van der Waals surface area contributed by atoms with Crippen LogP contribution in [-0.4, -0.2) is 59.2 Å². The predicted octanol–water partition coefficient (Wildman–Crippen LogP) is 2.32. The summed E-state index contributed by atoms with van der Waals surface area (Å²) in [5.74, 6) is 0.896. The van der Waals surface area contributed by atoms with E-state index in [0.29, 0.717) is 11.9 Å². The maximum absolute atomic E-state index is 6.01. The molecule has 1 aliphatic rings. The Kier molecular flexibility index (Phi) is 5.79. The van der Waals surface area contributed by atoms with Crippen LogP contribution in [0.25, 0.3) is 0 Å². The molecule has 8 heteroatoms. The molecule has 3 rings (SSSR count). The molecule has 0 aliphatic carbocycles. The molecule has 7 nitrogen and oxygen atoms in total. The first-order valence-corrected chi connectivity index (χ1v) is 8.36. The van der Waals surface area contributed by atoms with Gasteiger partial charge in [-0.05, 0) is 36.2 Å². The van der Waals surface area contributed by atoms with Gasteiger partial charge in [0.2, 0.25) is 17.2 Å². The highest BCUT2D eigenvalue weighted by molar-refractivity contribution is 6.28. The Morgan fingerprint density at radius 1 is 1.17 bits per heavy atom. The Hall–Kier alpha value is -1.96. The SMILES string of the molecule is Cc1cccc(Nc2nc(Cl)nc(NCCN3CCOCC3)n2)c1. The smallest absolute Gasteiger partial charge is 0.233 e. The summed E-state index contributed by atoms with van der Waals surface area (Å²) in [7, 11) is 0.